The first kappa shape index (κ1) is 14.5. The van der Waals surface area contributed by atoms with Crippen molar-refractivity contribution in [3.8, 4) is 0 Å². The van der Waals surface area contributed by atoms with Gasteiger partial charge in [-0.25, -0.2) is 0 Å². The van der Waals surface area contributed by atoms with Gasteiger partial charge in [0.15, 0.2) is 0 Å². The summed E-state index contributed by atoms with van der Waals surface area (Å²) in [6.07, 6.45) is 1.29. The van der Waals surface area contributed by atoms with E-state index in [9.17, 15) is 0 Å². The Balaban J connectivity index is 2.37. The second kappa shape index (κ2) is 6.06. The fourth-order valence-electron chi connectivity index (χ4n) is 3.24. The molecule has 2 nitrogen and oxygen atoms in total. The van der Waals surface area contributed by atoms with Gasteiger partial charge >= 0.3 is 0 Å². The fourth-order valence-corrected chi connectivity index (χ4v) is 3.24. The van der Waals surface area contributed by atoms with E-state index < -0.39 is 0 Å². The highest BCUT2D eigenvalue weighted by Gasteiger charge is 2.29. The van der Waals surface area contributed by atoms with Crippen LogP contribution in [0.25, 0.3) is 0 Å². The van der Waals surface area contributed by atoms with Crippen molar-refractivity contribution in [3.63, 3.8) is 0 Å². The highest BCUT2D eigenvalue weighted by atomic mass is 15.1. The first-order valence-corrected chi connectivity index (χ1v) is 7.48. The van der Waals surface area contributed by atoms with Gasteiger partial charge in [-0.2, -0.15) is 0 Å². The third-order valence-electron chi connectivity index (χ3n) is 4.39. The van der Waals surface area contributed by atoms with E-state index in [2.05, 4.69) is 63.3 Å². The molecule has 2 unspecified atom stereocenters. The van der Waals surface area contributed by atoms with Crippen LogP contribution >= 0.6 is 0 Å². The first-order chi connectivity index (χ1) is 9.00. The average Bonchev–Trinajstić information content (AvgIpc) is 2.84. The number of hydrogen-bond donors (Lipinski definition) is 1. The molecule has 0 radical (unpaired) electrons. The number of hydrogen-bond acceptors (Lipinski definition) is 2. The van der Waals surface area contributed by atoms with E-state index in [-0.39, 0.29) is 0 Å². The lowest BCUT2D eigenvalue weighted by molar-refractivity contribution is 0.222. The lowest BCUT2D eigenvalue weighted by Crippen LogP contribution is -2.29. The molecule has 1 aromatic carbocycles. The number of nitrogens with zero attached hydrogens (tertiary/aromatic N) is 1. The zero-order valence-electron chi connectivity index (χ0n) is 13.0. The number of rotatable bonds is 4. The van der Waals surface area contributed by atoms with Crippen LogP contribution in [0.1, 0.15) is 48.9 Å². The standard InChI is InChI=1S/C17H28N2/c1-12(2)14-7-6-13(3)16(10-14)17(19(4)5)15-8-9-18-11-15/h6-7,10,12,15,17-18H,8-9,11H2,1-5H3. The Bertz CT molecular complexity index is 417. The van der Waals surface area contributed by atoms with Crippen molar-refractivity contribution >= 4 is 0 Å². The quantitative estimate of drug-likeness (QED) is 0.893. The first-order valence-electron chi connectivity index (χ1n) is 7.48. The lowest BCUT2D eigenvalue weighted by Gasteiger charge is -2.32. The maximum atomic E-state index is 3.51. The molecule has 1 aliphatic rings. The van der Waals surface area contributed by atoms with E-state index in [0.29, 0.717) is 12.0 Å². The molecule has 0 aromatic heterocycles. The molecular formula is C17H28N2. The SMILES string of the molecule is Cc1ccc(C(C)C)cc1C(C1CCNC1)N(C)C. The smallest absolute Gasteiger partial charge is 0.0385 e. The summed E-state index contributed by atoms with van der Waals surface area (Å²) >= 11 is 0. The Labute approximate surface area is 118 Å². The van der Waals surface area contributed by atoms with Crippen molar-refractivity contribution in [1.29, 1.82) is 0 Å². The van der Waals surface area contributed by atoms with Gasteiger partial charge in [0, 0.05) is 6.04 Å². The summed E-state index contributed by atoms with van der Waals surface area (Å²) in [7, 11) is 4.43. The molecule has 2 rings (SSSR count). The molecule has 1 fully saturated rings. The molecule has 19 heavy (non-hydrogen) atoms. The molecule has 106 valence electrons. The maximum Gasteiger partial charge on any atom is 0.0385 e. The van der Waals surface area contributed by atoms with Crippen LogP contribution in [0, 0.1) is 12.8 Å². The van der Waals surface area contributed by atoms with Crippen LogP contribution in [0.4, 0.5) is 0 Å². The largest absolute Gasteiger partial charge is 0.316 e. The topological polar surface area (TPSA) is 15.3 Å². The summed E-state index contributed by atoms with van der Waals surface area (Å²) in [5.74, 6) is 1.33. The molecule has 2 atom stereocenters. The Morgan fingerprint density at radius 1 is 1.26 bits per heavy atom. The van der Waals surface area contributed by atoms with Crippen LogP contribution in [0.15, 0.2) is 18.2 Å². The molecule has 0 spiro atoms. The predicted octanol–water partition coefficient (Wildman–Crippen LogP) is 3.33. The van der Waals surface area contributed by atoms with Crippen molar-refractivity contribution in [3.05, 3.63) is 34.9 Å². The highest BCUT2D eigenvalue weighted by molar-refractivity contribution is 5.35. The Hall–Kier alpha value is -0.860. The summed E-state index contributed by atoms with van der Waals surface area (Å²) in [4.78, 5) is 2.39. The van der Waals surface area contributed by atoms with Crippen molar-refractivity contribution < 1.29 is 0 Å². The van der Waals surface area contributed by atoms with Crippen molar-refractivity contribution in [2.75, 3.05) is 27.2 Å². The van der Waals surface area contributed by atoms with E-state index in [1.807, 2.05) is 0 Å². The predicted molar refractivity (Wildman–Crippen MR) is 82.7 cm³/mol. The summed E-state index contributed by atoms with van der Waals surface area (Å²) in [6, 6.07) is 7.55. The van der Waals surface area contributed by atoms with E-state index in [1.54, 1.807) is 0 Å². The molecule has 0 saturated carbocycles. The third kappa shape index (κ3) is 3.18. The van der Waals surface area contributed by atoms with Crippen LogP contribution in [0.2, 0.25) is 0 Å². The van der Waals surface area contributed by atoms with Crippen LogP contribution in [-0.4, -0.2) is 32.1 Å². The van der Waals surface area contributed by atoms with Gasteiger partial charge in [-0.3, -0.25) is 0 Å². The Morgan fingerprint density at radius 2 is 2.00 bits per heavy atom. The van der Waals surface area contributed by atoms with Gasteiger partial charge in [0.25, 0.3) is 0 Å². The fraction of sp³-hybridized carbons (Fsp3) is 0.647. The zero-order valence-corrected chi connectivity index (χ0v) is 13.0. The molecule has 0 aliphatic carbocycles. The molecule has 1 aliphatic heterocycles. The molecule has 1 heterocycles. The highest BCUT2D eigenvalue weighted by Crippen LogP contribution is 2.34. The van der Waals surface area contributed by atoms with Crippen molar-refractivity contribution in [2.24, 2.45) is 5.92 Å². The van der Waals surface area contributed by atoms with Gasteiger partial charge < -0.3 is 10.2 Å². The summed E-state index contributed by atoms with van der Waals surface area (Å²) < 4.78 is 0. The van der Waals surface area contributed by atoms with Gasteiger partial charge in [0.2, 0.25) is 0 Å². The van der Waals surface area contributed by atoms with Crippen LogP contribution in [0.3, 0.4) is 0 Å². The number of nitrogens with one attached hydrogen (secondary N) is 1. The normalized spacial score (nSPS) is 21.3. The molecule has 1 saturated heterocycles. The Morgan fingerprint density at radius 3 is 2.53 bits per heavy atom. The molecular weight excluding hydrogens is 232 g/mol. The molecule has 0 bridgehead atoms. The molecule has 1 N–H and O–H groups in total. The summed E-state index contributed by atoms with van der Waals surface area (Å²) in [5.41, 5.74) is 4.40. The molecule has 2 heteroatoms. The van der Waals surface area contributed by atoms with E-state index in [1.165, 1.54) is 23.1 Å². The van der Waals surface area contributed by atoms with Crippen LogP contribution in [-0.2, 0) is 0 Å². The minimum atomic E-state index is 0.536. The van der Waals surface area contributed by atoms with Gasteiger partial charge in [0.05, 0.1) is 0 Å². The number of aryl methyl sites for hydroxylation is 1. The zero-order chi connectivity index (χ0) is 14.0. The van der Waals surface area contributed by atoms with Gasteiger partial charge in [-0.1, -0.05) is 32.0 Å². The average molecular weight is 260 g/mol. The summed E-state index contributed by atoms with van der Waals surface area (Å²) in [6.45, 7) is 9.11. The monoisotopic (exact) mass is 260 g/mol. The van der Waals surface area contributed by atoms with E-state index in [0.717, 1.165) is 19.0 Å². The second-order valence-corrected chi connectivity index (χ2v) is 6.43. The maximum absolute atomic E-state index is 3.51. The van der Waals surface area contributed by atoms with Crippen molar-refractivity contribution in [1.82, 2.24) is 10.2 Å². The third-order valence-corrected chi connectivity index (χ3v) is 4.39. The summed E-state index contributed by atoms with van der Waals surface area (Å²) in [5, 5.41) is 3.51. The van der Waals surface area contributed by atoms with E-state index in [4.69, 9.17) is 0 Å². The van der Waals surface area contributed by atoms with Crippen molar-refractivity contribution in [2.45, 2.75) is 39.2 Å². The second-order valence-electron chi connectivity index (χ2n) is 6.43. The van der Waals surface area contributed by atoms with Gasteiger partial charge in [-0.05, 0) is 69.1 Å². The van der Waals surface area contributed by atoms with Gasteiger partial charge in [0.1, 0.15) is 0 Å². The number of benzene rings is 1. The minimum Gasteiger partial charge on any atom is -0.316 e. The van der Waals surface area contributed by atoms with Gasteiger partial charge in [-0.15, -0.1) is 0 Å². The molecule has 0 amide bonds. The van der Waals surface area contributed by atoms with E-state index >= 15 is 0 Å². The Kier molecular flexibility index (Phi) is 4.64. The van der Waals surface area contributed by atoms with Crippen LogP contribution < -0.4 is 5.32 Å². The molecule has 1 aromatic rings. The minimum absolute atomic E-state index is 0.536. The van der Waals surface area contributed by atoms with Crippen LogP contribution in [0.5, 0.6) is 0 Å². The lowest BCUT2D eigenvalue weighted by atomic mass is 9.86.